The van der Waals surface area contributed by atoms with Crippen LogP contribution in [0.3, 0.4) is 0 Å². The lowest BCUT2D eigenvalue weighted by atomic mass is 9.80. The zero-order chi connectivity index (χ0) is 21.8. The molecular weight excluding hydrogens is 394 g/mol. The maximum atomic E-state index is 13.0. The van der Waals surface area contributed by atoms with Crippen LogP contribution in [0.25, 0.3) is 10.9 Å². The van der Waals surface area contributed by atoms with Crippen molar-refractivity contribution in [2.45, 2.75) is 45.1 Å². The highest BCUT2D eigenvalue weighted by atomic mass is 16.5. The maximum Gasteiger partial charge on any atom is 0.251 e. The van der Waals surface area contributed by atoms with Gasteiger partial charge in [0.05, 0.1) is 5.41 Å². The Balaban J connectivity index is 1.37. The van der Waals surface area contributed by atoms with Crippen LogP contribution in [0.1, 0.15) is 48.8 Å². The number of aromatic amines is 1. The van der Waals surface area contributed by atoms with Crippen LogP contribution in [0.2, 0.25) is 0 Å². The van der Waals surface area contributed by atoms with Crippen LogP contribution in [0.4, 0.5) is 0 Å². The number of fused-ring (bicyclic) bond motifs is 2. The first-order valence-corrected chi connectivity index (χ1v) is 10.8. The molecule has 3 atom stereocenters. The molecule has 1 aromatic carbocycles. The summed E-state index contributed by atoms with van der Waals surface area (Å²) < 4.78 is 5.60. The Labute approximate surface area is 180 Å². The molecule has 8 heteroatoms. The molecule has 31 heavy (non-hydrogen) atoms. The summed E-state index contributed by atoms with van der Waals surface area (Å²) in [6, 6.07) is 7.64. The predicted molar refractivity (Wildman–Crippen MR) is 114 cm³/mol. The molecule has 3 heterocycles. The maximum absolute atomic E-state index is 13.0. The van der Waals surface area contributed by atoms with Gasteiger partial charge in [0, 0.05) is 42.3 Å². The first kappa shape index (κ1) is 19.8. The Morgan fingerprint density at radius 2 is 2.16 bits per heavy atom. The molecule has 1 unspecified atom stereocenters. The lowest BCUT2D eigenvalue weighted by Crippen LogP contribution is -2.40. The Kier molecular flexibility index (Phi) is 4.60. The molecule has 2 fully saturated rings. The van der Waals surface area contributed by atoms with Crippen molar-refractivity contribution in [3.05, 3.63) is 47.7 Å². The normalized spacial score (nSPS) is 25.4. The van der Waals surface area contributed by atoms with Crippen LogP contribution >= 0.6 is 0 Å². The van der Waals surface area contributed by atoms with Crippen molar-refractivity contribution >= 4 is 22.7 Å². The Bertz CT molecular complexity index is 1150. The quantitative estimate of drug-likeness (QED) is 0.674. The molecule has 3 aromatic rings. The lowest BCUT2D eigenvalue weighted by Gasteiger charge is -2.26. The number of hydrogen-bond donors (Lipinski definition) is 2. The van der Waals surface area contributed by atoms with E-state index in [0.29, 0.717) is 36.8 Å². The van der Waals surface area contributed by atoms with Crippen molar-refractivity contribution < 1.29 is 14.1 Å². The number of H-pyrrole nitrogens is 1. The second kappa shape index (κ2) is 7.21. The molecule has 1 aliphatic heterocycles. The Morgan fingerprint density at radius 3 is 2.90 bits per heavy atom. The molecule has 1 saturated carbocycles. The van der Waals surface area contributed by atoms with E-state index in [1.165, 1.54) is 0 Å². The highest BCUT2D eigenvalue weighted by Crippen LogP contribution is 2.50. The molecule has 2 amide bonds. The van der Waals surface area contributed by atoms with Gasteiger partial charge in [0.15, 0.2) is 5.82 Å². The standard InChI is InChI=1S/C23H27N5O3/c1-13(2)21(30)28-11-17-9-18(10-23(17,12-28)22-25-14(3)27-31-22)26-20(29)16-5-4-15-6-7-24-19(15)8-16/h4-8,13,17-18,24H,9-12H2,1-3H3,(H,26,29)/t17?,18-,23+/m1/s1. The number of rotatable bonds is 4. The number of likely N-dealkylation sites (tertiary alicyclic amines) is 1. The smallest absolute Gasteiger partial charge is 0.251 e. The minimum absolute atomic E-state index is 0.0136. The van der Waals surface area contributed by atoms with Gasteiger partial charge < -0.3 is 19.7 Å². The summed E-state index contributed by atoms with van der Waals surface area (Å²) in [4.78, 5) is 35.2. The molecule has 2 N–H and O–H groups in total. The van der Waals surface area contributed by atoms with Gasteiger partial charge in [0.1, 0.15) is 0 Å². The van der Waals surface area contributed by atoms with Crippen LogP contribution in [0.15, 0.2) is 35.0 Å². The summed E-state index contributed by atoms with van der Waals surface area (Å²) in [6.45, 7) is 6.85. The first-order valence-electron chi connectivity index (χ1n) is 10.8. The second-order valence-corrected chi connectivity index (χ2v) is 9.26. The third-order valence-corrected chi connectivity index (χ3v) is 6.79. The summed E-state index contributed by atoms with van der Waals surface area (Å²) >= 11 is 0. The zero-order valence-corrected chi connectivity index (χ0v) is 18.0. The van der Waals surface area contributed by atoms with Crippen molar-refractivity contribution in [2.75, 3.05) is 13.1 Å². The number of amides is 2. The largest absolute Gasteiger partial charge is 0.361 e. The molecule has 1 saturated heterocycles. The van der Waals surface area contributed by atoms with Gasteiger partial charge in [-0.2, -0.15) is 4.98 Å². The highest BCUT2D eigenvalue weighted by Gasteiger charge is 2.58. The van der Waals surface area contributed by atoms with E-state index in [2.05, 4.69) is 20.4 Å². The van der Waals surface area contributed by atoms with Gasteiger partial charge >= 0.3 is 0 Å². The number of nitrogens with zero attached hydrogens (tertiary/aromatic N) is 3. The molecule has 2 aliphatic rings. The number of carbonyl (C=O) groups is 2. The van der Waals surface area contributed by atoms with Crippen LogP contribution in [-0.4, -0.2) is 51.0 Å². The van der Waals surface area contributed by atoms with E-state index in [1.54, 1.807) is 6.92 Å². The van der Waals surface area contributed by atoms with Gasteiger partial charge in [-0.3, -0.25) is 9.59 Å². The fourth-order valence-corrected chi connectivity index (χ4v) is 5.30. The van der Waals surface area contributed by atoms with Crippen LogP contribution < -0.4 is 5.32 Å². The third kappa shape index (κ3) is 3.30. The minimum atomic E-state index is -0.410. The fourth-order valence-electron chi connectivity index (χ4n) is 5.30. The Hall–Kier alpha value is -3.16. The van der Waals surface area contributed by atoms with Crippen molar-refractivity contribution in [1.82, 2.24) is 25.3 Å². The lowest BCUT2D eigenvalue weighted by molar-refractivity contribution is -0.133. The van der Waals surface area contributed by atoms with Gasteiger partial charge in [-0.05, 0) is 49.3 Å². The van der Waals surface area contributed by atoms with E-state index in [9.17, 15) is 9.59 Å². The third-order valence-electron chi connectivity index (χ3n) is 6.79. The van der Waals surface area contributed by atoms with Gasteiger partial charge in [-0.15, -0.1) is 0 Å². The molecule has 0 radical (unpaired) electrons. The van der Waals surface area contributed by atoms with E-state index in [4.69, 9.17) is 4.52 Å². The van der Waals surface area contributed by atoms with E-state index < -0.39 is 5.41 Å². The van der Waals surface area contributed by atoms with E-state index in [1.807, 2.05) is 49.2 Å². The van der Waals surface area contributed by atoms with E-state index >= 15 is 0 Å². The SMILES string of the molecule is Cc1noc([C@]23C[C@H](NC(=O)c4ccc5cc[nH]c5c4)CC2CN(C(=O)C(C)C)C3)n1. The number of carbonyl (C=O) groups excluding carboxylic acids is 2. The van der Waals surface area contributed by atoms with Crippen LogP contribution in [-0.2, 0) is 10.2 Å². The van der Waals surface area contributed by atoms with Crippen molar-refractivity contribution in [3.63, 3.8) is 0 Å². The summed E-state index contributed by atoms with van der Waals surface area (Å²) in [5, 5.41) is 8.28. The molecule has 0 bridgehead atoms. The van der Waals surface area contributed by atoms with Gasteiger partial charge in [-0.25, -0.2) is 0 Å². The molecule has 0 spiro atoms. The number of benzene rings is 1. The monoisotopic (exact) mass is 421 g/mol. The summed E-state index contributed by atoms with van der Waals surface area (Å²) in [7, 11) is 0. The molecule has 8 nitrogen and oxygen atoms in total. The molecule has 162 valence electrons. The molecule has 2 aromatic heterocycles. The first-order chi connectivity index (χ1) is 14.9. The topological polar surface area (TPSA) is 104 Å². The molecular formula is C23H27N5O3. The van der Waals surface area contributed by atoms with Crippen LogP contribution in [0.5, 0.6) is 0 Å². The second-order valence-electron chi connectivity index (χ2n) is 9.26. The van der Waals surface area contributed by atoms with E-state index in [-0.39, 0.29) is 29.7 Å². The molecule has 5 rings (SSSR count). The average molecular weight is 422 g/mol. The predicted octanol–water partition coefficient (Wildman–Crippen LogP) is 2.80. The van der Waals surface area contributed by atoms with Gasteiger partial charge in [0.2, 0.25) is 11.8 Å². The van der Waals surface area contributed by atoms with Gasteiger partial charge in [0.25, 0.3) is 5.91 Å². The number of hydrogen-bond acceptors (Lipinski definition) is 5. The summed E-state index contributed by atoms with van der Waals surface area (Å²) in [6.07, 6.45) is 3.32. The van der Waals surface area contributed by atoms with Gasteiger partial charge in [-0.1, -0.05) is 25.1 Å². The van der Waals surface area contributed by atoms with E-state index in [0.717, 1.165) is 17.3 Å². The number of nitrogens with one attached hydrogen (secondary N) is 2. The zero-order valence-electron chi connectivity index (χ0n) is 18.0. The van der Waals surface area contributed by atoms with Crippen molar-refractivity contribution in [3.8, 4) is 0 Å². The minimum Gasteiger partial charge on any atom is -0.361 e. The molecule has 1 aliphatic carbocycles. The summed E-state index contributed by atoms with van der Waals surface area (Å²) in [5.41, 5.74) is 1.16. The fraction of sp³-hybridized carbons (Fsp3) is 0.478. The average Bonchev–Trinajstić information content (AvgIpc) is 3.48. The number of aromatic nitrogens is 3. The summed E-state index contributed by atoms with van der Waals surface area (Å²) in [5.74, 6) is 1.34. The van der Waals surface area contributed by atoms with Crippen molar-refractivity contribution in [2.24, 2.45) is 11.8 Å². The van der Waals surface area contributed by atoms with Crippen LogP contribution in [0, 0.1) is 18.8 Å². The van der Waals surface area contributed by atoms with Crippen molar-refractivity contribution in [1.29, 1.82) is 0 Å². The Morgan fingerprint density at radius 1 is 1.32 bits per heavy atom. The number of aryl methyl sites for hydroxylation is 1. The highest BCUT2D eigenvalue weighted by molar-refractivity contribution is 5.98.